The molecular formula is C20H25NO3S. The van der Waals surface area contributed by atoms with Gasteiger partial charge < -0.3 is 9.47 Å². The number of carbonyl (C=O) groups excluding carboxylic acids is 1. The van der Waals surface area contributed by atoms with E-state index in [-0.39, 0.29) is 17.7 Å². The molecule has 1 aliphatic rings. The van der Waals surface area contributed by atoms with Gasteiger partial charge in [-0.1, -0.05) is 19.4 Å². The van der Waals surface area contributed by atoms with Gasteiger partial charge in [-0.3, -0.25) is 0 Å². The number of thiophene rings is 1. The Labute approximate surface area is 153 Å². The average molecular weight is 359 g/mol. The molecule has 3 rings (SSSR count). The Morgan fingerprint density at radius 3 is 2.68 bits per heavy atom. The van der Waals surface area contributed by atoms with Crippen molar-refractivity contribution in [3.8, 4) is 10.4 Å². The van der Waals surface area contributed by atoms with Crippen molar-refractivity contribution in [1.29, 1.82) is 0 Å². The summed E-state index contributed by atoms with van der Waals surface area (Å²) in [4.78, 5) is 17.8. The maximum atomic E-state index is 12.4. The van der Waals surface area contributed by atoms with Crippen molar-refractivity contribution in [2.24, 2.45) is 0 Å². The number of rotatable bonds is 6. The first-order chi connectivity index (χ1) is 12.2. The summed E-state index contributed by atoms with van der Waals surface area (Å²) >= 11 is 1.66. The van der Waals surface area contributed by atoms with Gasteiger partial charge in [0.25, 0.3) is 0 Å². The number of hydrogen-bond acceptors (Lipinski definition) is 5. The van der Waals surface area contributed by atoms with Crippen LogP contribution in [0.4, 0.5) is 0 Å². The fourth-order valence-corrected chi connectivity index (χ4v) is 4.28. The maximum Gasteiger partial charge on any atom is 0.357 e. The summed E-state index contributed by atoms with van der Waals surface area (Å²) in [5.41, 5.74) is 1.37. The Morgan fingerprint density at radius 1 is 1.32 bits per heavy atom. The van der Waals surface area contributed by atoms with Crippen molar-refractivity contribution >= 4 is 17.3 Å². The molecule has 5 heteroatoms. The van der Waals surface area contributed by atoms with E-state index in [1.807, 2.05) is 23.6 Å². The van der Waals surface area contributed by atoms with Gasteiger partial charge in [0, 0.05) is 23.7 Å². The second kappa shape index (κ2) is 8.11. The van der Waals surface area contributed by atoms with Crippen LogP contribution in [0.1, 0.15) is 55.9 Å². The molecular weight excluding hydrogens is 334 g/mol. The Morgan fingerprint density at radius 2 is 2.12 bits per heavy atom. The minimum Gasteiger partial charge on any atom is -0.458 e. The molecule has 1 fully saturated rings. The first-order valence-electron chi connectivity index (χ1n) is 8.92. The maximum absolute atomic E-state index is 12.4. The van der Waals surface area contributed by atoms with Crippen LogP contribution >= 0.6 is 11.3 Å². The second-order valence-electron chi connectivity index (χ2n) is 6.65. The van der Waals surface area contributed by atoms with Crippen LogP contribution in [0, 0.1) is 0 Å². The van der Waals surface area contributed by atoms with E-state index in [1.54, 1.807) is 30.7 Å². The van der Waals surface area contributed by atoms with E-state index in [4.69, 9.17) is 9.47 Å². The predicted octanol–water partition coefficient (Wildman–Crippen LogP) is 5.09. The lowest BCUT2D eigenvalue weighted by molar-refractivity contribution is -0.0739. The molecule has 0 radical (unpaired) electrons. The third-order valence-corrected chi connectivity index (χ3v) is 5.95. The highest BCUT2D eigenvalue weighted by Crippen LogP contribution is 2.36. The lowest BCUT2D eigenvalue weighted by Crippen LogP contribution is -2.39. The van der Waals surface area contributed by atoms with E-state index >= 15 is 0 Å². The van der Waals surface area contributed by atoms with E-state index < -0.39 is 0 Å². The number of nitrogens with zero attached hydrogens (tertiary/aromatic N) is 1. The zero-order chi connectivity index (χ0) is 17.7. The molecule has 4 nitrogen and oxygen atoms in total. The van der Waals surface area contributed by atoms with Gasteiger partial charge in [-0.2, -0.15) is 0 Å². The highest BCUT2D eigenvalue weighted by molar-refractivity contribution is 7.13. The van der Waals surface area contributed by atoms with Gasteiger partial charge in [-0.15, -0.1) is 11.3 Å². The zero-order valence-corrected chi connectivity index (χ0v) is 15.7. The van der Waals surface area contributed by atoms with Gasteiger partial charge >= 0.3 is 5.97 Å². The summed E-state index contributed by atoms with van der Waals surface area (Å²) in [5.74, 6) is -0.330. The number of pyridine rings is 1. The Balaban J connectivity index is 1.56. The minimum absolute atomic E-state index is 0.0295. The Hall–Kier alpha value is -1.72. The van der Waals surface area contributed by atoms with Crippen LogP contribution in [0.2, 0.25) is 0 Å². The number of esters is 1. The van der Waals surface area contributed by atoms with Gasteiger partial charge in [-0.05, 0) is 55.7 Å². The van der Waals surface area contributed by atoms with E-state index in [0.717, 1.165) is 49.0 Å². The van der Waals surface area contributed by atoms with Crippen molar-refractivity contribution in [2.45, 2.75) is 57.2 Å². The molecule has 1 saturated carbocycles. The van der Waals surface area contributed by atoms with Crippen LogP contribution in [-0.2, 0) is 9.47 Å². The summed E-state index contributed by atoms with van der Waals surface area (Å²) < 4.78 is 11.4. The average Bonchev–Trinajstić information content (AvgIpc) is 3.18. The molecule has 2 aromatic rings. The summed E-state index contributed by atoms with van der Waals surface area (Å²) in [6.07, 6.45) is 7.47. The van der Waals surface area contributed by atoms with Crippen LogP contribution in [0.5, 0.6) is 0 Å². The highest BCUT2D eigenvalue weighted by Gasteiger charge is 2.35. The number of hydrogen-bond donors (Lipinski definition) is 0. The number of methoxy groups -OCH3 is 1. The summed E-state index contributed by atoms with van der Waals surface area (Å²) in [6.45, 7) is 2.18. The molecule has 0 atom stereocenters. The van der Waals surface area contributed by atoms with E-state index in [0.29, 0.717) is 5.69 Å². The largest absolute Gasteiger partial charge is 0.458 e. The zero-order valence-electron chi connectivity index (χ0n) is 14.9. The third kappa shape index (κ3) is 4.28. The lowest BCUT2D eigenvalue weighted by Gasteiger charge is -2.38. The van der Waals surface area contributed by atoms with Crippen molar-refractivity contribution in [3.63, 3.8) is 0 Å². The molecule has 134 valence electrons. The molecule has 25 heavy (non-hydrogen) atoms. The molecule has 1 aliphatic carbocycles. The van der Waals surface area contributed by atoms with Crippen LogP contribution in [0.15, 0.2) is 35.8 Å². The first kappa shape index (κ1) is 18.1. The summed E-state index contributed by atoms with van der Waals surface area (Å²) in [5, 5.41) is 2.03. The van der Waals surface area contributed by atoms with Gasteiger partial charge in [0.1, 0.15) is 11.8 Å². The van der Waals surface area contributed by atoms with E-state index in [1.165, 1.54) is 0 Å². The molecule has 0 aliphatic heterocycles. The fraction of sp³-hybridized carbons (Fsp3) is 0.500. The third-order valence-electron chi connectivity index (χ3n) is 5.03. The van der Waals surface area contributed by atoms with Gasteiger partial charge in [0.2, 0.25) is 0 Å². The standard InChI is InChI=1S/C20H25NO3S/c1-3-10-20(23-2)11-8-16(9-12-20)24-19(22)17-7-6-15(14-21-17)18-5-4-13-25-18/h4-7,13-14,16H,3,8-12H2,1-2H3/t16-,20+. The molecule has 0 aromatic carbocycles. The number of aromatic nitrogens is 1. The molecule has 0 N–H and O–H groups in total. The lowest BCUT2D eigenvalue weighted by atomic mass is 9.80. The molecule has 0 amide bonds. The van der Waals surface area contributed by atoms with Crippen LogP contribution in [0.3, 0.4) is 0 Å². The van der Waals surface area contributed by atoms with Crippen LogP contribution in [-0.4, -0.2) is 29.8 Å². The van der Waals surface area contributed by atoms with Crippen LogP contribution in [0.25, 0.3) is 10.4 Å². The van der Waals surface area contributed by atoms with E-state index in [2.05, 4.69) is 11.9 Å². The SMILES string of the molecule is CCC[C@]1(OC)CC[C@@H](OC(=O)c2ccc(-c3cccs3)cn2)CC1. The van der Waals surface area contributed by atoms with Gasteiger partial charge in [-0.25, -0.2) is 9.78 Å². The van der Waals surface area contributed by atoms with Gasteiger partial charge in [0.05, 0.1) is 5.60 Å². The smallest absolute Gasteiger partial charge is 0.357 e. The Bertz CT molecular complexity index is 673. The molecule has 2 aromatic heterocycles. The molecule has 0 saturated heterocycles. The molecule has 0 bridgehead atoms. The highest BCUT2D eigenvalue weighted by atomic mass is 32.1. The van der Waals surface area contributed by atoms with Crippen LogP contribution < -0.4 is 0 Å². The van der Waals surface area contributed by atoms with Crippen molar-refractivity contribution in [3.05, 3.63) is 41.5 Å². The van der Waals surface area contributed by atoms with Gasteiger partial charge in [0.15, 0.2) is 0 Å². The summed E-state index contributed by atoms with van der Waals surface area (Å²) in [7, 11) is 1.79. The molecule has 2 heterocycles. The molecule has 0 spiro atoms. The number of ether oxygens (including phenoxy) is 2. The first-order valence-corrected chi connectivity index (χ1v) is 9.80. The quantitative estimate of drug-likeness (QED) is 0.674. The minimum atomic E-state index is -0.330. The normalized spacial score (nSPS) is 23.4. The fourth-order valence-electron chi connectivity index (χ4n) is 3.56. The van der Waals surface area contributed by atoms with Crippen molar-refractivity contribution in [2.75, 3.05) is 7.11 Å². The second-order valence-corrected chi connectivity index (χ2v) is 7.60. The predicted molar refractivity (Wildman–Crippen MR) is 99.9 cm³/mol. The topological polar surface area (TPSA) is 48.4 Å². The Kier molecular flexibility index (Phi) is 5.86. The van der Waals surface area contributed by atoms with Crippen molar-refractivity contribution < 1.29 is 14.3 Å². The monoisotopic (exact) mass is 359 g/mol. The molecule has 0 unspecified atom stereocenters. The summed E-state index contributed by atoms with van der Waals surface area (Å²) in [6, 6.07) is 7.72. The number of carbonyl (C=O) groups is 1. The van der Waals surface area contributed by atoms with E-state index in [9.17, 15) is 4.79 Å². The van der Waals surface area contributed by atoms with Crippen molar-refractivity contribution in [1.82, 2.24) is 4.98 Å².